The van der Waals surface area contributed by atoms with Crippen molar-refractivity contribution in [1.82, 2.24) is 0 Å². The monoisotopic (exact) mass is 650 g/mol. The lowest BCUT2D eigenvalue weighted by Gasteiger charge is -2.15. The second-order valence-electron chi connectivity index (χ2n) is 13.6. The van der Waals surface area contributed by atoms with Crippen molar-refractivity contribution in [1.29, 1.82) is 0 Å². The van der Waals surface area contributed by atoms with Crippen molar-refractivity contribution in [2.75, 3.05) is 0 Å². The lowest BCUT2D eigenvalue weighted by Crippen LogP contribution is -1.89. The molecule has 1 nitrogen and oxygen atoms in total. The highest BCUT2D eigenvalue weighted by Gasteiger charge is 2.21. The first kappa shape index (κ1) is 26.7. The fraction of sp³-hybridized carbons (Fsp3) is 0. The molecule has 0 saturated heterocycles. The summed E-state index contributed by atoms with van der Waals surface area (Å²) in [5.74, 6) is 0. The van der Waals surface area contributed by atoms with Crippen molar-refractivity contribution in [2.24, 2.45) is 0 Å². The van der Waals surface area contributed by atoms with Crippen LogP contribution in [0.25, 0.3) is 118 Å². The number of furan rings is 1. The van der Waals surface area contributed by atoms with E-state index in [9.17, 15) is 0 Å². The van der Waals surface area contributed by atoms with E-state index in [1.54, 1.807) is 0 Å². The van der Waals surface area contributed by atoms with Crippen molar-refractivity contribution >= 4 is 107 Å². The number of rotatable bonds is 2. The molecule has 0 fully saturated rings. The molecule has 10 aromatic carbocycles. The standard InChI is InChI=1S/C48H26OS/c1-2-8-32-26-43-41(24-31(32)7-1)40-25-33(17-23-42(40)50-43)35-21-22-38(46-39-20-14-27-6-3-4-11-34(27)47(39)49-48(35)46)36-18-15-30-13-12-28-9-5-10-29-16-19-37(36)45(30)44(28)29/h1-26H. The number of thiophene rings is 1. The number of fused-ring (bicyclic) bond motifs is 9. The number of hydrogen-bond acceptors (Lipinski definition) is 2. The number of benzene rings is 10. The maximum atomic E-state index is 7.08. The molecule has 50 heavy (non-hydrogen) atoms. The summed E-state index contributed by atoms with van der Waals surface area (Å²) < 4.78 is 9.70. The van der Waals surface area contributed by atoms with Crippen LogP contribution in [0.5, 0.6) is 0 Å². The highest BCUT2D eigenvalue weighted by atomic mass is 32.1. The van der Waals surface area contributed by atoms with Gasteiger partial charge in [-0.3, -0.25) is 0 Å². The van der Waals surface area contributed by atoms with Gasteiger partial charge in [-0.05, 0) is 102 Å². The Bertz CT molecular complexity index is 3360. The molecule has 0 aliphatic carbocycles. The van der Waals surface area contributed by atoms with Crippen LogP contribution in [-0.4, -0.2) is 0 Å². The number of hydrogen-bond donors (Lipinski definition) is 0. The van der Waals surface area contributed by atoms with Gasteiger partial charge in [0.2, 0.25) is 0 Å². The molecule has 0 saturated carbocycles. The third kappa shape index (κ3) is 3.56. The van der Waals surface area contributed by atoms with E-state index in [0.29, 0.717) is 0 Å². The summed E-state index contributed by atoms with van der Waals surface area (Å²) in [4.78, 5) is 0. The van der Waals surface area contributed by atoms with Gasteiger partial charge in [0.25, 0.3) is 0 Å². The van der Waals surface area contributed by atoms with Crippen LogP contribution in [0.2, 0.25) is 0 Å². The lowest BCUT2D eigenvalue weighted by atomic mass is 9.87. The van der Waals surface area contributed by atoms with Crippen LogP contribution in [0.1, 0.15) is 0 Å². The van der Waals surface area contributed by atoms with Crippen LogP contribution in [0, 0.1) is 0 Å². The predicted molar refractivity (Wildman–Crippen MR) is 216 cm³/mol. The van der Waals surface area contributed by atoms with Crippen LogP contribution < -0.4 is 0 Å². The molecule has 2 heterocycles. The minimum absolute atomic E-state index is 0.934. The molecule has 2 aromatic heterocycles. The highest BCUT2D eigenvalue weighted by molar-refractivity contribution is 7.25. The van der Waals surface area contributed by atoms with Crippen molar-refractivity contribution in [3.63, 3.8) is 0 Å². The Morgan fingerprint density at radius 1 is 0.320 bits per heavy atom. The Balaban J connectivity index is 1.18. The molecule has 230 valence electrons. The van der Waals surface area contributed by atoms with Crippen molar-refractivity contribution in [3.8, 4) is 22.3 Å². The fourth-order valence-electron chi connectivity index (χ4n) is 8.66. The minimum Gasteiger partial charge on any atom is -0.455 e. The molecule has 0 N–H and O–H groups in total. The Morgan fingerprint density at radius 3 is 1.84 bits per heavy atom. The zero-order valence-corrected chi connectivity index (χ0v) is 27.6. The Kier molecular flexibility index (Phi) is 5.18. The van der Waals surface area contributed by atoms with E-state index < -0.39 is 0 Å². The van der Waals surface area contributed by atoms with Gasteiger partial charge in [-0.2, -0.15) is 0 Å². The second kappa shape index (κ2) is 9.69. The third-order valence-corrected chi connectivity index (χ3v) is 12.1. The molecule has 0 aliphatic heterocycles. The minimum atomic E-state index is 0.934. The zero-order chi connectivity index (χ0) is 32.5. The summed E-state index contributed by atoms with van der Waals surface area (Å²) in [7, 11) is 0. The average molecular weight is 651 g/mol. The molecule has 0 spiro atoms. The largest absolute Gasteiger partial charge is 0.455 e. The van der Waals surface area contributed by atoms with Crippen molar-refractivity contribution in [2.45, 2.75) is 0 Å². The van der Waals surface area contributed by atoms with E-state index in [4.69, 9.17) is 4.42 Å². The first-order valence-corrected chi connectivity index (χ1v) is 18.0. The lowest BCUT2D eigenvalue weighted by molar-refractivity contribution is 0.674. The SMILES string of the molecule is c1ccc2cc3c(cc2c1)sc1ccc(-c2ccc(-c4ccc5ccc6cccc7ccc4c5c67)c4c2oc2c5ccccc5ccc24)cc13. The Morgan fingerprint density at radius 2 is 0.960 bits per heavy atom. The second-order valence-corrected chi connectivity index (χ2v) is 14.7. The van der Waals surface area contributed by atoms with Gasteiger partial charge < -0.3 is 4.42 Å². The van der Waals surface area contributed by atoms with E-state index >= 15 is 0 Å². The molecular formula is C48H26OS. The van der Waals surface area contributed by atoms with Crippen molar-refractivity contribution < 1.29 is 4.42 Å². The van der Waals surface area contributed by atoms with E-state index in [2.05, 4.69) is 158 Å². The van der Waals surface area contributed by atoms with Gasteiger partial charge in [0.05, 0.1) is 0 Å². The summed E-state index contributed by atoms with van der Waals surface area (Å²) in [6.45, 7) is 0. The van der Waals surface area contributed by atoms with Gasteiger partial charge in [0.1, 0.15) is 11.2 Å². The van der Waals surface area contributed by atoms with Crippen LogP contribution in [0.15, 0.2) is 162 Å². The van der Waals surface area contributed by atoms with Crippen LogP contribution in [-0.2, 0) is 0 Å². The highest BCUT2D eigenvalue weighted by Crippen LogP contribution is 2.47. The van der Waals surface area contributed by atoms with Gasteiger partial charge in [-0.25, -0.2) is 0 Å². The van der Waals surface area contributed by atoms with E-state index in [1.165, 1.54) is 90.7 Å². The van der Waals surface area contributed by atoms with Crippen LogP contribution >= 0.6 is 11.3 Å². The van der Waals surface area contributed by atoms with Gasteiger partial charge in [0.15, 0.2) is 0 Å². The van der Waals surface area contributed by atoms with Crippen LogP contribution in [0.4, 0.5) is 0 Å². The normalized spacial score (nSPS) is 12.4. The first-order chi connectivity index (χ1) is 24.8. The third-order valence-electron chi connectivity index (χ3n) is 11.0. The fourth-order valence-corrected chi connectivity index (χ4v) is 9.78. The van der Waals surface area contributed by atoms with Gasteiger partial charge in [0, 0.05) is 41.9 Å². The molecule has 2 heteroatoms. The molecule has 0 atom stereocenters. The smallest absolute Gasteiger partial charge is 0.143 e. The molecule has 12 aromatic rings. The van der Waals surface area contributed by atoms with Gasteiger partial charge in [-0.15, -0.1) is 11.3 Å². The van der Waals surface area contributed by atoms with E-state index in [-0.39, 0.29) is 0 Å². The molecule has 0 bridgehead atoms. The topological polar surface area (TPSA) is 13.1 Å². The zero-order valence-electron chi connectivity index (χ0n) is 26.8. The Hall–Kier alpha value is -6.22. The first-order valence-electron chi connectivity index (χ1n) is 17.2. The molecule has 12 rings (SSSR count). The maximum Gasteiger partial charge on any atom is 0.143 e. The summed E-state index contributed by atoms with van der Waals surface area (Å²) >= 11 is 1.87. The van der Waals surface area contributed by atoms with E-state index in [0.717, 1.165) is 27.5 Å². The maximum absolute atomic E-state index is 7.08. The van der Waals surface area contributed by atoms with Crippen molar-refractivity contribution in [3.05, 3.63) is 158 Å². The molecular weight excluding hydrogens is 625 g/mol. The summed E-state index contributed by atoms with van der Waals surface area (Å²) in [5, 5.41) is 17.6. The average Bonchev–Trinajstić information content (AvgIpc) is 3.74. The quantitative estimate of drug-likeness (QED) is 0.170. The van der Waals surface area contributed by atoms with E-state index in [1.807, 2.05) is 11.3 Å². The molecule has 0 unspecified atom stereocenters. The molecule has 0 radical (unpaired) electrons. The molecule has 0 amide bonds. The summed E-state index contributed by atoms with van der Waals surface area (Å²) in [6, 6.07) is 58.3. The van der Waals surface area contributed by atoms with Gasteiger partial charge >= 0.3 is 0 Å². The van der Waals surface area contributed by atoms with Gasteiger partial charge in [-0.1, -0.05) is 121 Å². The summed E-state index contributed by atoms with van der Waals surface area (Å²) in [6.07, 6.45) is 0. The molecule has 0 aliphatic rings. The predicted octanol–water partition coefficient (Wildman–Crippen LogP) is 14.5. The summed E-state index contributed by atoms with van der Waals surface area (Å²) in [5.41, 5.74) is 6.59. The van der Waals surface area contributed by atoms with Crippen LogP contribution in [0.3, 0.4) is 0 Å². The Labute approximate surface area is 290 Å².